The number of hydrogen-bond acceptors (Lipinski definition) is 5. The van der Waals surface area contributed by atoms with Crippen LogP contribution in [-0.2, 0) is 19.2 Å². The summed E-state index contributed by atoms with van der Waals surface area (Å²) in [7, 11) is 0. The molecule has 4 saturated carbocycles. The number of nitrogens with zero attached hydrogens (tertiary/aromatic N) is 3. The lowest BCUT2D eigenvalue weighted by Gasteiger charge is -2.70. The van der Waals surface area contributed by atoms with Gasteiger partial charge in [-0.1, -0.05) is 34.6 Å². The predicted molar refractivity (Wildman–Crippen MR) is 145 cm³/mol. The third-order valence-electron chi connectivity index (χ3n) is 10.7. The van der Waals surface area contributed by atoms with Crippen molar-refractivity contribution in [3.05, 3.63) is 0 Å². The van der Waals surface area contributed by atoms with Crippen molar-refractivity contribution in [3.63, 3.8) is 0 Å². The monoisotopic (exact) mass is 591 g/mol. The number of rotatable bonds is 8. The van der Waals surface area contributed by atoms with Gasteiger partial charge < -0.3 is 15.5 Å². The van der Waals surface area contributed by atoms with Gasteiger partial charge in [0.1, 0.15) is 12.1 Å². The SMILES string of the molecule is CC(C)(C)C(/C=N/C(=O)CC12CC(C(F)(F)F)(C1)C2)C(=O)N1C[C@H]2C([C@H]1C(=O)N[C@H](C#N)C[C@@H]1CCNC1=O)C2(C)C. The molecule has 4 amide bonds. The van der Waals surface area contributed by atoms with E-state index in [4.69, 9.17) is 0 Å². The lowest BCUT2D eigenvalue weighted by Crippen LogP contribution is -2.68. The molecule has 2 saturated heterocycles. The van der Waals surface area contributed by atoms with E-state index < -0.39 is 52.2 Å². The zero-order chi connectivity index (χ0) is 31.0. The molecule has 0 aromatic heterocycles. The maximum Gasteiger partial charge on any atom is 0.394 e. The Hall–Kier alpha value is -2.97. The molecule has 42 heavy (non-hydrogen) atoms. The summed E-state index contributed by atoms with van der Waals surface area (Å²) < 4.78 is 39.6. The molecule has 0 aromatic rings. The number of piperidine rings is 1. The van der Waals surface area contributed by atoms with Crippen LogP contribution in [0.15, 0.2) is 4.99 Å². The molecule has 0 aromatic carbocycles. The quantitative estimate of drug-likeness (QED) is 0.418. The first-order chi connectivity index (χ1) is 19.3. The van der Waals surface area contributed by atoms with Crippen molar-refractivity contribution >= 4 is 29.8 Å². The van der Waals surface area contributed by atoms with Gasteiger partial charge >= 0.3 is 6.18 Å². The van der Waals surface area contributed by atoms with Gasteiger partial charge in [0, 0.05) is 31.6 Å². The van der Waals surface area contributed by atoms with Crippen LogP contribution in [0.3, 0.4) is 0 Å². The van der Waals surface area contributed by atoms with Crippen LogP contribution < -0.4 is 10.6 Å². The lowest BCUT2D eigenvalue weighted by molar-refractivity contribution is -0.362. The van der Waals surface area contributed by atoms with Crippen molar-refractivity contribution in [2.75, 3.05) is 13.1 Å². The van der Waals surface area contributed by atoms with Crippen LogP contribution in [-0.4, -0.2) is 66.1 Å². The van der Waals surface area contributed by atoms with Crippen molar-refractivity contribution in [1.29, 1.82) is 5.26 Å². The smallest absolute Gasteiger partial charge is 0.356 e. The van der Waals surface area contributed by atoms with Gasteiger partial charge in [-0.2, -0.15) is 18.4 Å². The Morgan fingerprint density at radius 1 is 1.21 bits per heavy atom. The second-order valence-corrected chi connectivity index (χ2v) is 15.1. The van der Waals surface area contributed by atoms with Gasteiger partial charge in [-0.3, -0.25) is 19.2 Å². The van der Waals surface area contributed by atoms with Crippen molar-refractivity contribution in [3.8, 4) is 6.07 Å². The fraction of sp³-hybridized carbons (Fsp3) is 0.800. The largest absolute Gasteiger partial charge is 0.394 e. The molecule has 4 aliphatic carbocycles. The zero-order valence-electron chi connectivity index (χ0n) is 24.8. The molecule has 2 bridgehead atoms. The molecule has 9 nitrogen and oxygen atoms in total. The molecule has 230 valence electrons. The third kappa shape index (κ3) is 5.00. The Morgan fingerprint density at radius 3 is 2.38 bits per heavy atom. The number of carbonyl (C=O) groups excluding carboxylic acids is 4. The Bertz CT molecular complexity index is 1240. The van der Waals surface area contributed by atoms with Gasteiger partial charge in [-0.25, -0.2) is 4.99 Å². The molecule has 6 aliphatic rings. The number of amides is 4. The number of fused-ring (bicyclic) bond motifs is 1. The van der Waals surface area contributed by atoms with Gasteiger partial charge in [0.15, 0.2) is 0 Å². The average Bonchev–Trinajstić information content (AvgIpc) is 3.17. The molecular formula is C30H40F3N5O4. The highest BCUT2D eigenvalue weighted by Crippen LogP contribution is 2.79. The molecule has 6 rings (SSSR count). The standard InChI is InChI=1S/C30H40F3N5O4/c1-26(2,3)18(11-36-20(39)9-28-13-29(14-28,15-28)30(31,32)33)25(42)38-12-19-21(27(19,4)5)22(38)24(41)37-17(10-34)8-16-6-7-35-23(16)40/h11,16-19,21-22H,6-9,12-15H2,1-5H3,(H,35,40)(H,37,41)/b36-11+/t16-,17-,18?,19-,21?,22-,28?,29?/m0/s1. The van der Waals surface area contributed by atoms with Gasteiger partial charge in [-0.15, -0.1) is 0 Å². The van der Waals surface area contributed by atoms with Crippen molar-refractivity contribution in [2.45, 2.75) is 91.4 Å². The highest BCUT2D eigenvalue weighted by molar-refractivity contribution is 6.00. The molecule has 2 N–H and O–H groups in total. The summed E-state index contributed by atoms with van der Waals surface area (Å²) in [5.41, 5.74) is -3.11. The minimum absolute atomic E-state index is 0.0510. The summed E-state index contributed by atoms with van der Waals surface area (Å²) in [6.45, 7) is 10.5. The molecule has 0 spiro atoms. The van der Waals surface area contributed by atoms with Gasteiger partial charge in [0.05, 0.1) is 17.4 Å². The van der Waals surface area contributed by atoms with Crippen LogP contribution in [0.25, 0.3) is 0 Å². The van der Waals surface area contributed by atoms with Crippen molar-refractivity contribution in [2.24, 2.45) is 50.3 Å². The average molecular weight is 592 g/mol. The van der Waals surface area contributed by atoms with Crippen LogP contribution in [0.1, 0.15) is 73.1 Å². The van der Waals surface area contributed by atoms with Crippen molar-refractivity contribution in [1.82, 2.24) is 15.5 Å². The van der Waals surface area contributed by atoms with Gasteiger partial charge in [0.2, 0.25) is 23.6 Å². The number of nitrogens with one attached hydrogen (secondary N) is 2. The fourth-order valence-electron chi connectivity index (χ4n) is 8.22. The predicted octanol–water partition coefficient (Wildman–Crippen LogP) is 3.39. The van der Waals surface area contributed by atoms with E-state index >= 15 is 0 Å². The van der Waals surface area contributed by atoms with Crippen LogP contribution in [0.5, 0.6) is 0 Å². The summed E-state index contributed by atoms with van der Waals surface area (Å²) in [5.74, 6) is -2.67. The van der Waals surface area contributed by atoms with Gasteiger partial charge in [-0.05, 0) is 60.2 Å². The maximum absolute atomic E-state index is 14.0. The van der Waals surface area contributed by atoms with E-state index in [1.165, 1.54) is 11.1 Å². The minimum atomic E-state index is -4.25. The van der Waals surface area contributed by atoms with E-state index in [9.17, 15) is 37.6 Å². The normalized spacial score (nSPS) is 35.8. The number of aliphatic imine (C=N–C) groups is 1. The summed E-state index contributed by atoms with van der Waals surface area (Å²) >= 11 is 0. The first-order valence-corrected chi connectivity index (χ1v) is 14.8. The highest BCUT2D eigenvalue weighted by atomic mass is 19.4. The van der Waals surface area contributed by atoms with Gasteiger partial charge in [0.25, 0.3) is 0 Å². The fourth-order valence-corrected chi connectivity index (χ4v) is 8.22. The lowest BCUT2D eigenvalue weighted by atomic mass is 9.34. The maximum atomic E-state index is 14.0. The highest BCUT2D eigenvalue weighted by Gasteiger charge is 2.78. The number of nitriles is 1. The molecule has 6 atom stereocenters. The van der Waals surface area contributed by atoms with E-state index in [1.54, 1.807) is 0 Å². The van der Waals surface area contributed by atoms with E-state index in [0.717, 1.165) is 0 Å². The molecule has 6 fully saturated rings. The van der Waals surface area contributed by atoms with E-state index in [-0.39, 0.29) is 67.1 Å². The Morgan fingerprint density at radius 2 is 1.86 bits per heavy atom. The number of likely N-dealkylation sites (tertiary alicyclic amines) is 1. The molecule has 2 aliphatic heterocycles. The molecule has 12 heteroatoms. The van der Waals surface area contributed by atoms with Crippen LogP contribution in [0, 0.1) is 56.7 Å². The van der Waals surface area contributed by atoms with Crippen molar-refractivity contribution < 1.29 is 32.3 Å². The summed E-state index contributed by atoms with van der Waals surface area (Å²) in [5, 5.41) is 15.2. The van der Waals surface area contributed by atoms with Crippen LogP contribution in [0.4, 0.5) is 13.2 Å². The van der Waals surface area contributed by atoms with E-state index in [1.807, 2.05) is 34.6 Å². The zero-order valence-corrected chi connectivity index (χ0v) is 24.8. The molecule has 0 radical (unpaired) electrons. The topological polar surface area (TPSA) is 132 Å². The molecular weight excluding hydrogens is 551 g/mol. The minimum Gasteiger partial charge on any atom is -0.356 e. The summed E-state index contributed by atoms with van der Waals surface area (Å²) in [6, 6.07) is 0.397. The first-order valence-electron chi connectivity index (χ1n) is 14.8. The van der Waals surface area contributed by atoms with Crippen LogP contribution in [0.2, 0.25) is 0 Å². The Labute approximate surface area is 244 Å². The first kappa shape index (κ1) is 30.5. The number of alkyl halides is 3. The number of carbonyl (C=O) groups is 4. The third-order valence-corrected chi connectivity index (χ3v) is 10.7. The Balaban J connectivity index is 1.27. The summed E-state index contributed by atoms with van der Waals surface area (Å²) in [4.78, 5) is 57.9. The number of halogens is 3. The molecule has 2 heterocycles. The van der Waals surface area contributed by atoms with E-state index in [2.05, 4.69) is 21.7 Å². The van der Waals surface area contributed by atoms with Crippen LogP contribution >= 0.6 is 0 Å². The molecule has 2 unspecified atom stereocenters. The number of hydrogen-bond donors (Lipinski definition) is 2. The second-order valence-electron chi connectivity index (χ2n) is 15.1. The summed E-state index contributed by atoms with van der Waals surface area (Å²) in [6.07, 6.45) is -2.40. The second kappa shape index (κ2) is 9.78. The Kier molecular flexibility index (Phi) is 7.10. The van der Waals surface area contributed by atoms with E-state index in [0.29, 0.717) is 19.5 Å².